The van der Waals surface area contributed by atoms with Crippen molar-refractivity contribution in [2.75, 3.05) is 24.2 Å². The fourth-order valence-electron chi connectivity index (χ4n) is 1.80. The molecule has 0 saturated carbocycles. The van der Waals surface area contributed by atoms with E-state index in [4.69, 9.17) is 10.8 Å². The average Bonchev–Trinajstić information content (AvgIpc) is 2.37. The maximum absolute atomic E-state index is 11.9. The van der Waals surface area contributed by atoms with Crippen LogP contribution in [-0.4, -0.2) is 36.6 Å². The zero-order valence-electron chi connectivity index (χ0n) is 12.9. The van der Waals surface area contributed by atoms with E-state index in [0.29, 0.717) is 17.3 Å². The van der Waals surface area contributed by atoms with Crippen molar-refractivity contribution in [1.29, 1.82) is 0 Å². The second-order valence-electron chi connectivity index (χ2n) is 5.54. The molecule has 1 aromatic carbocycles. The fourth-order valence-corrected chi connectivity index (χ4v) is 1.80. The lowest BCUT2D eigenvalue weighted by Crippen LogP contribution is -2.42. The minimum Gasteiger partial charge on any atom is -0.478 e. The highest BCUT2D eigenvalue weighted by Gasteiger charge is 2.15. The van der Waals surface area contributed by atoms with E-state index < -0.39 is 5.97 Å². The van der Waals surface area contributed by atoms with Crippen molar-refractivity contribution in [1.82, 2.24) is 5.32 Å². The molecule has 6 nitrogen and oxygen atoms in total. The largest absolute Gasteiger partial charge is 0.478 e. The van der Waals surface area contributed by atoms with Crippen molar-refractivity contribution in [2.45, 2.75) is 26.8 Å². The summed E-state index contributed by atoms with van der Waals surface area (Å²) in [6.45, 7) is 6.20. The van der Waals surface area contributed by atoms with Gasteiger partial charge in [-0.2, -0.15) is 0 Å². The lowest BCUT2D eigenvalue weighted by Gasteiger charge is -2.23. The van der Waals surface area contributed by atoms with Gasteiger partial charge in [0.15, 0.2) is 0 Å². The Morgan fingerprint density at radius 1 is 1.33 bits per heavy atom. The maximum atomic E-state index is 11.9. The number of nitrogen functional groups attached to an aromatic ring is 1. The molecular formula is C15H23N3O3. The topological polar surface area (TPSA) is 95.7 Å². The summed E-state index contributed by atoms with van der Waals surface area (Å²) in [7, 11) is 1.74. The van der Waals surface area contributed by atoms with Crippen LogP contribution in [0.1, 0.15) is 31.1 Å². The molecule has 116 valence electrons. The molecule has 1 amide bonds. The van der Waals surface area contributed by atoms with E-state index in [2.05, 4.69) is 5.32 Å². The number of carbonyl (C=O) groups is 2. The van der Waals surface area contributed by atoms with Crippen LogP contribution in [-0.2, 0) is 4.79 Å². The van der Waals surface area contributed by atoms with E-state index >= 15 is 0 Å². The van der Waals surface area contributed by atoms with Gasteiger partial charge in [0.1, 0.15) is 0 Å². The number of rotatable bonds is 6. The monoisotopic (exact) mass is 293 g/mol. The second-order valence-corrected chi connectivity index (χ2v) is 5.54. The summed E-state index contributed by atoms with van der Waals surface area (Å²) in [6.07, 6.45) is 0. The number of carbonyl (C=O) groups excluding carboxylic acids is 1. The molecule has 1 rings (SSSR count). The third-order valence-electron chi connectivity index (χ3n) is 3.46. The lowest BCUT2D eigenvalue weighted by molar-refractivity contribution is -0.120. The number of aromatic carboxylic acids is 1. The number of nitrogens with two attached hydrogens (primary N) is 1. The van der Waals surface area contributed by atoms with E-state index in [9.17, 15) is 9.59 Å². The number of nitrogens with one attached hydrogen (secondary N) is 1. The van der Waals surface area contributed by atoms with Gasteiger partial charge in [0.2, 0.25) is 5.91 Å². The number of amides is 1. The highest BCUT2D eigenvalue weighted by atomic mass is 16.4. The standard InChI is InChI=1S/C15H23N3O3/c1-9(2)10(3)17-14(19)8-18(4)13-6-5-11(15(20)21)7-12(13)16/h5-7,9-10H,8,16H2,1-4H3,(H,17,19)(H,20,21). The van der Waals surface area contributed by atoms with Gasteiger partial charge in [-0.25, -0.2) is 4.79 Å². The van der Waals surface area contributed by atoms with Gasteiger partial charge in [0.05, 0.1) is 23.5 Å². The van der Waals surface area contributed by atoms with E-state index in [1.807, 2.05) is 20.8 Å². The zero-order chi connectivity index (χ0) is 16.2. The molecule has 21 heavy (non-hydrogen) atoms. The van der Waals surface area contributed by atoms with Gasteiger partial charge in [0, 0.05) is 13.1 Å². The Bertz CT molecular complexity index is 529. The zero-order valence-corrected chi connectivity index (χ0v) is 12.9. The number of likely N-dealkylation sites (N-methyl/N-ethyl adjacent to an activating group) is 1. The minimum atomic E-state index is -1.03. The van der Waals surface area contributed by atoms with Gasteiger partial charge in [0.25, 0.3) is 0 Å². The molecule has 0 radical (unpaired) electrons. The SMILES string of the molecule is CC(C)C(C)NC(=O)CN(C)c1ccc(C(=O)O)cc1N. The molecule has 6 heteroatoms. The molecule has 0 aliphatic rings. The summed E-state index contributed by atoms with van der Waals surface area (Å²) >= 11 is 0. The van der Waals surface area contributed by atoms with E-state index in [1.54, 1.807) is 18.0 Å². The molecule has 0 spiro atoms. The molecule has 0 heterocycles. The number of benzene rings is 1. The van der Waals surface area contributed by atoms with Crippen molar-refractivity contribution >= 4 is 23.3 Å². The van der Waals surface area contributed by atoms with Crippen LogP contribution in [0.4, 0.5) is 11.4 Å². The molecule has 0 fully saturated rings. The predicted molar refractivity (Wildman–Crippen MR) is 83.5 cm³/mol. The number of anilines is 2. The van der Waals surface area contributed by atoms with Crippen molar-refractivity contribution < 1.29 is 14.7 Å². The van der Waals surface area contributed by atoms with Crippen molar-refractivity contribution in [3.8, 4) is 0 Å². The third-order valence-corrected chi connectivity index (χ3v) is 3.46. The van der Waals surface area contributed by atoms with E-state index in [-0.39, 0.29) is 24.1 Å². The third kappa shape index (κ3) is 4.66. The van der Waals surface area contributed by atoms with Crippen molar-refractivity contribution in [2.24, 2.45) is 5.92 Å². The molecule has 1 unspecified atom stereocenters. The molecule has 0 aromatic heterocycles. The predicted octanol–water partition coefficient (Wildman–Crippen LogP) is 1.56. The van der Waals surface area contributed by atoms with Crippen molar-refractivity contribution in [3.63, 3.8) is 0 Å². The van der Waals surface area contributed by atoms with Crippen LogP contribution in [0.25, 0.3) is 0 Å². The number of nitrogens with zero attached hydrogens (tertiary/aromatic N) is 1. The lowest BCUT2D eigenvalue weighted by atomic mass is 10.1. The van der Waals surface area contributed by atoms with Gasteiger partial charge >= 0.3 is 5.97 Å². The molecule has 0 bridgehead atoms. The number of carboxylic acid groups (broad SMARTS) is 1. The van der Waals surface area contributed by atoms with Gasteiger partial charge in [-0.15, -0.1) is 0 Å². The van der Waals surface area contributed by atoms with Crippen LogP contribution >= 0.6 is 0 Å². The molecule has 0 aliphatic carbocycles. The smallest absolute Gasteiger partial charge is 0.335 e. The van der Waals surface area contributed by atoms with Crippen molar-refractivity contribution in [3.05, 3.63) is 23.8 Å². The fraction of sp³-hybridized carbons (Fsp3) is 0.467. The Balaban J connectivity index is 2.73. The Morgan fingerprint density at radius 3 is 2.43 bits per heavy atom. The Kier molecular flexibility index (Phi) is 5.58. The second kappa shape index (κ2) is 6.97. The first-order valence-corrected chi connectivity index (χ1v) is 6.85. The normalized spacial score (nSPS) is 12.0. The molecule has 4 N–H and O–H groups in total. The van der Waals surface area contributed by atoms with Crippen LogP contribution < -0.4 is 16.0 Å². The molecule has 1 aromatic rings. The molecular weight excluding hydrogens is 270 g/mol. The summed E-state index contributed by atoms with van der Waals surface area (Å²) in [4.78, 5) is 24.5. The first-order chi connectivity index (χ1) is 9.72. The average molecular weight is 293 g/mol. The van der Waals surface area contributed by atoms with Gasteiger partial charge in [-0.3, -0.25) is 4.79 Å². The first-order valence-electron chi connectivity index (χ1n) is 6.85. The van der Waals surface area contributed by atoms with Gasteiger partial charge in [-0.1, -0.05) is 13.8 Å². The van der Waals surface area contributed by atoms with Crippen LogP contribution in [0.2, 0.25) is 0 Å². The van der Waals surface area contributed by atoms with Crippen LogP contribution in [0.15, 0.2) is 18.2 Å². The Labute approximate surface area is 124 Å². The number of carboxylic acids is 1. The quantitative estimate of drug-likeness (QED) is 0.692. The van der Waals surface area contributed by atoms with Crippen LogP contribution in [0.5, 0.6) is 0 Å². The van der Waals surface area contributed by atoms with E-state index in [0.717, 1.165) is 0 Å². The summed E-state index contributed by atoms with van der Waals surface area (Å²) in [6, 6.07) is 4.57. The van der Waals surface area contributed by atoms with Gasteiger partial charge < -0.3 is 21.1 Å². The molecule has 0 aliphatic heterocycles. The van der Waals surface area contributed by atoms with E-state index in [1.165, 1.54) is 12.1 Å². The number of hydrogen-bond acceptors (Lipinski definition) is 4. The van der Waals surface area contributed by atoms with Crippen LogP contribution in [0, 0.1) is 5.92 Å². The summed E-state index contributed by atoms with van der Waals surface area (Å²) in [5.41, 5.74) is 6.94. The molecule has 1 atom stereocenters. The highest BCUT2D eigenvalue weighted by molar-refractivity contribution is 5.91. The molecule has 0 saturated heterocycles. The summed E-state index contributed by atoms with van der Waals surface area (Å²) in [5.74, 6) is -0.765. The van der Waals surface area contributed by atoms with Gasteiger partial charge in [-0.05, 0) is 31.0 Å². The maximum Gasteiger partial charge on any atom is 0.335 e. The summed E-state index contributed by atoms with van der Waals surface area (Å²) < 4.78 is 0. The first kappa shape index (κ1) is 16.8. The number of hydrogen-bond donors (Lipinski definition) is 3. The highest BCUT2D eigenvalue weighted by Crippen LogP contribution is 2.23. The van der Waals surface area contributed by atoms with Crippen LogP contribution in [0.3, 0.4) is 0 Å². The summed E-state index contributed by atoms with van der Waals surface area (Å²) in [5, 5.41) is 11.8. The Morgan fingerprint density at radius 2 is 1.95 bits per heavy atom. The Hall–Kier alpha value is -2.24. The minimum absolute atomic E-state index is 0.0950.